The van der Waals surface area contributed by atoms with E-state index in [1.807, 2.05) is 44.2 Å². The lowest BCUT2D eigenvalue weighted by molar-refractivity contribution is 0.397. The second-order valence-corrected chi connectivity index (χ2v) is 5.21. The molecule has 19 heavy (non-hydrogen) atoms. The van der Waals surface area contributed by atoms with Crippen LogP contribution in [0.25, 0.3) is 0 Å². The standard InChI is InChI=1S/C16H17F2N/c1-16(2,11-7-4-3-5-8-11)15(19)12-9-6-10-13(17)14(12)18/h3-10,15H,19H2,1-2H3. The van der Waals surface area contributed by atoms with Crippen LogP contribution < -0.4 is 5.73 Å². The molecule has 1 unspecified atom stereocenters. The van der Waals surface area contributed by atoms with Gasteiger partial charge in [0.25, 0.3) is 0 Å². The van der Waals surface area contributed by atoms with Crippen molar-refractivity contribution in [2.45, 2.75) is 25.3 Å². The molecule has 0 saturated carbocycles. The molecule has 0 aromatic heterocycles. The molecule has 0 bridgehead atoms. The maximum absolute atomic E-state index is 13.8. The Balaban J connectivity index is 2.43. The third-order valence-electron chi connectivity index (χ3n) is 3.61. The van der Waals surface area contributed by atoms with Gasteiger partial charge in [-0.15, -0.1) is 0 Å². The van der Waals surface area contributed by atoms with Gasteiger partial charge in [0.05, 0.1) is 0 Å². The van der Waals surface area contributed by atoms with Gasteiger partial charge in [-0.1, -0.05) is 56.3 Å². The van der Waals surface area contributed by atoms with E-state index in [1.54, 1.807) is 0 Å². The molecule has 0 heterocycles. The van der Waals surface area contributed by atoms with Crippen molar-refractivity contribution in [1.29, 1.82) is 0 Å². The van der Waals surface area contributed by atoms with Crippen LogP contribution in [0.2, 0.25) is 0 Å². The molecule has 0 aliphatic carbocycles. The monoisotopic (exact) mass is 261 g/mol. The number of halogens is 2. The zero-order chi connectivity index (χ0) is 14.0. The largest absolute Gasteiger partial charge is 0.323 e. The van der Waals surface area contributed by atoms with Gasteiger partial charge in [-0.2, -0.15) is 0 Å². The lowest BCUT2D eigenvalue weighted by Gasteiger charge is -2.32. The van der Waals surface area contributed by atoms with Gasteiger partial charge in [0.1, 0.15) is 0 Å². The van der Waals surface area contributed by atoms with Crippen molar-refractivity contribution < 1.29 is 8.78 Å². The first-order valence-electron chi connectivity index (χ1n) is 6.19. The van der Waals surface area contributed by atoms with E-state index in [0.717, 1.165) is 11.6 Å². The van der Waals surface area contributed by atoms with Crippen LogP contribution in [0.15, 0.2) is 48.5 Å². The van der Waals surface area contributed by atoms with Gasteiger partial charge in [-0.05, 0) is 11.6 Å². The summed E-state index contributed by atoms with van der Waals surface area (Å²) in [4.78, 5) is 0. The molecular weight excluding hydrogens is 244 g/mol. The first-order valence-corrected chi connectivity index (χ1v) is 6.19. The molecular formula is C16H17F2N. The normalized spacial score (nSPS) is 13.3. The summed E-state index contributed by atoms with van der Waals surface area (Å²) in [5.41, 5.74) is 6.87. The average Bonchev–Trinajstić information content (AvgIpc) is 2.42. The fourth-order valence-electron chi connectivity index (χ4n) is 2.20. The molecule has 0 aliphatic rings. The highest BCUT2D eigenvalue weighted by atomic mass is 19.2. The Labute approximate surface area is 112 Å². The lowest BCUT2D eigenvalue weighted by Crippen LogP contribution is -2.34. The van der Waals surface area contributed by atoms with E-state index in [-0.39, 0.29) is 5.56 Å². The molecule has 0 aliphatic heterocycles. The summed E-state index contributed by atoms with van der Waals surface area (Å²) >= 11 is 0. The minimum absolute atomic E-state index is 0.203. The third-order valence-corrected chi connectivity index (χ3v) is 3.61. The number of hydrogen-bond acceptors (Lipinski definition) is 1. The Morgan fingerprint density at radius 2 is 1.58 bits per heavy atom. The van der Waals surface area contributed by atoms with Crippen molar-refractivity contribution in [3.05, 3.63) is 71.3 Å². The van der Waals surface area contributed by atoms with Crippen LogP contribution in [0.1, 0.15) is 31.0 Å². The van der Waals surface area contributed by atoms with E-state index in [1.165, 1.54) is 12.1 Å². The van der Waals surface area contributed by atoms with Crippen LogP contribution in [-0.4, -0.2) is 0 Å². The first kappa shape index (κ1) is 13.7. The molecule has 2 aromatic rings. The third kappa shape index (κ3) is 2.51. The summed E-state index contributed by atoms with van der Waals surface area (Å²) in [6.45, 7) is 3.86. The second kappa shape index (κ2) is 5.10. The molecule has 2 aromatic carbocycles. The van der Waals surface area contributed by atoms with Gasteiger partial charge >= 0.3 is 0 Å². The van der Waals surface area contributed by atoms with E-state index in [4.69, 9.17) is 5.73 Å². The van der Waals surface area contributed by atoms with Crippen molar-refractivity contribution in [1.82, 2.24) is 0 Å². The maximum atomic E-state index is 13.8. The lowest BCUT2D eigenvalue weighted by atomic mass is 9.75. The quantitative estimate of drug-likeness (QED) is 0.889. The van der Waals surface area contributed by atoms with E-state index in [0.29, 0.717) is 0 Å². The Hall–Kier alpha value is -1.74. The van der Waals surface area contributed by atoms with Gasteiger partial charge in [0, 0.05) is 17.0 Å². The Kier molecular flexibility index (Phi) is 3.67. The Morgan fingerprint density at radius 3 is 2.21 bits per heavy atom. The fraction of sp³-hybridized carbons (Fsp3) is 0.250. The van der Waals surface area contributed by atoms with Gasteiger partial charge in [-0.3, -0.25) is 0 Å². The molecule has 3 heteroatoms. The number of benzene rings is 2. The zero-order valence-electron chi connectivity index (χ0n) is 11.0. The summed E-state index contributed by atoms with van der Waals surface area (Å²) in [6, 6.07) is 13.1. The van der Waals surface area contributed by atoms with Gasteiger partial charge < -0.3 is 5.73 Å². The molecule has 1 atom stereocenters. The minimum Gasteiger partial charge on any atom is -0.323 e. The van der Waals surface area contributed by atoms with Crippen LogP contribution >= 0.6 is 0 Å². The van der Waals surface area contributed by atoms with Crippen molar-refractivity contribution in [2.24, 2.45) is 5.73 Å². The van der Waals surface area contributed by atoms with Crippen molar-refractivity contribution >= 4 is 0 Å². The van der Waals surface area contributed by atoms with Crippen LogP contribution in [0.5, 0.6) is 0 Å². The van der Waals surface area contributed by atoms with Gasteiger partial charge in [0.2, 0.25) is 0 Å². The number of hydrogen-bond donors (Lipinski definition) is 1. The fourth-order valence-corrected chi connectivity index (χ4v) is 2.20. The van der Waals surface area contributed by atoms with Crippen LogP contribution in [0.4, 0.5) is 8.78 Å². The second-order valence-electron chi connectivity index (χ2n) is 5.21. The summed E-state index contributed by atoms with van der Waals surface area (Å²) in [5, 5.41) is 0. The molecule has 100 valence electrons. The minimum atomic E-state index is -0.864. The zero-order valence-corrected chi connectivity index (χ0v) is 11.0. The van der Waals surface area contributed by atoms with E-state index >= 15 is 0 Å². The molecule has 1 nitrogen and oxygen atoms in total. The summed E-state index contributed by atoms with van der Waals surface area (Å²) in [6.07, 6.45) is 0. The maximum Gasteiger partial charge on any atom is 0.163 e. The van der Waals surface area contributed by atoms with E-state index in [9.17, 15) is 8.78 Å². The summed E-state index contributed by atoms with van der Waals surface area (Å²) in [7, 11) is 0. The molecule has 0 amide bonds. The molecule has 2 N–H and O–H groups in total. The molecule has 0 fully saturated rings. The predicted octanol–water partition coefficient (Wildman–Crippen LogP) is 3.94. The highest BCUT2D eigenvalue weighted by Crippen LogP contribution is 2.36. The van der Waals surface area contributed by atoms with E-state index < -0.39 is 23.1 Å². The summed E-state index contributed by atoms with van der Waals surface area (Å²) in [5.74, 6) is -1.73. The Morgan fingerprint density at radius 1 is 0.947 bits per heavy atom. The van der Waals surface area contributed by atoms with Crippen molar-refractivity contribution in [3.8, 4) is 0 Å². The SMILES string of the molecule is CC(C)(c1ccccc1)C(N)c1cccc(F)c1F. The van der Waals surface area contributed by atoms with E-state index in [2.05, 4.69) is 0 Å². The molecule has 0 saturated heterocycles. The highest BCUT2D eigenvalue weighted by molar-refractivity contribution is 5.32. The summed E-state index contributed by atoms with van der Waals surface area (Å²) < 4.78 is 27.1. The number of nitrogens with two attached hydrogens (primary N) is 1. The topological polar surface area (TPSA) is 26.0 Å². The average molecular weight is 261 g/mol. The molecule has 0 radical (unpaired) electrons. The van der Waals surface area contributed by atoms with Crippen LogP contribution in [0.3, 0.4) is 0 Å². The molecule has 0 spiro atoms. The van der Waals surface area contributed by atoms with Crippen molar-refractivity contribution in [3.63, 3.8) is 0 Å². The Bertz CT molecular complexity index is 564. The van der Waals surface area contributed by atoms with Gasteiger partial charge in [0.15, 0.2) is 11.6 Å². The van der Waals surface area contributed by atoms with Crippen LogP contribution in [-0.2, 0) is 5.41 Å². The van der Waals surface area contributed by atoms with Gasteiger partial charge in [-0.25, -0.2) is 8.78 Å². The highest BCUT2D eigenvalue weighted by Gasteiger charge is 2.31. The smallest absolute Gasteiger partial charge is 0.163 e. The first-order chi connectivity index (χ1) is 8.94. The van der Waals surface area contributed by atoms with Crippen LogP contribution in [0, 0.1) is 11.6 Å². The molecule has 2 rings (SSSR count). The van der Waals surface area contributed by atoms with Crippen molar-refractivity contribution in [2.75, 3.05) is 0 Å². The predicted molar refractivity (Wildman–Crippen MR) is 72.8 cm³/mol. The number of rotatable bonds is 3.